The lowest BCUT2D eigenvalue weighted by molar-refractivity contribution is 0.625. The second-order valence-corrected chi connectivity index (χ2v) is 5.52. The molecule has 3 unspecified atom stereocenters. The van der Waals surface area contributed by atoms with Crippen LogP contribution in [0.2, 0.25) is 0 Å². The Morgan fingerprint density at radius 2 is 2.33 bits per heavy atom. The lowest BCUT2D eigenvalue weighted by Gasteiger charge is -2.20. The van der Waals surface area contributed by atoms with E-state index in [-0.39, 0.29) is 6.04 Å². The first-order valence-corrected chi connectivity index (χ1v) is 6.43. The van der Waals surface area contributed by atoms with Gasteiger partial charge in [0.05, 0.1) is 5.69 Å². The molecule has 0 aromatic carbocycles. The van der Waals surface area contributed by atoms with Crippen molar-refractivity contribution in [1.29, 1.82) is 0 Å². The summed E-state index contributed by atoms with van der Waals surface area (Å²) in [6, 6.07) is 0.664. The summed E-state index contributed by atoms with van der Waals surface area (Å²) in [5.41, 5.74) is 6.83. The number of anilines is 1. The average Bonchev–Trinajstić information content (AvgIpc) is 2.71. The summed E-state index contributed by atoms with van der Waals surface area (Å²) in [4.78, 5) is 7.00. The van der Waals surface area contributed by atoms with Crippen LogP contribution in [0.4, 0.5) is 5.13 Å². The van der Waals surface area contributed by atoms with Crippen molar-refractivity contribution >= 4 is 16.5 Å². The Bertz CT molecular complexity index is 334. The Morgan fingerprint density at radius 1 is 1.60 bits per heavy atom. The minimum Gasteiger partial charge on any atom is -0.345 e. The lowest BCUT2D eigenvalue weighted by Crippen LogP contribution is -2.26. The van der Waals surface area contributed by atoms with Crippen LogP contribution in [0.1, 0.15) is 38.9 Å². The van der Waals surface area contributed by atoms with Crippen LogP contribution in [0, 0.1) is 5.92 Å². The van der Waals surface area contributed by atoms with Crippen LogP contribution < -0.4 is 10.6 Å². The zero-order chi connectivity index (χ0) is 11.0. The molecular weight excluding hydrogens is 206 g/mol. The first kappa shape index (κ1) is 10.9. The molecule has 2 rings (SSSR count). The van der Waals surface area contributed by atoms with E-state index in [0.717, 1.165) is 23.3 Å². The Hall–Kier alpha value is -0.610. The molecule has 0 bridgehead atoms. The summed E-state index contributed by atoms with van der Waals surface area (Å²) in [6.07, 6.45) is 1.27. The molecule has 1 aromatic rings. The molecule has 84 valence electrons. The van der Waals surface area contributed by atoms with Gasteiger partial charge in [-0.3, -0.25) is 0 Å². The summed E-state index contributed by atoms with van der Waals surface area (Å²) < 4.78 is 0. The maximum Gasteiger partial charge on any atom is 0.185 e. The van der Waals surface area contributed by atoms with Crippen LogP contribution in [-0.2, 0) is 0 Å². The monoisotopic (exact) mass is 225 g/mol. The summed E-state index contributed by atoms with van der Waals surface area (Å²) in [5.74, 6) is 0.780. The predicted molar refractivity (Wildman–Crippen MR) is 65.3 cm³/mol. The highest BCUT2D eigenvalue weighted by Gasteiger charge is 2.28. The van der Waals surface area contributed by atoms with Gasteiger partial charge in [0.25, 0.3) is 0 Å². The molecule has 2 heterocycles. The van der Waals surface area contributed by atoms with E-state index in [1.807, 2.05) is 6.92 Å². The molecule has 1 aliphatic rings. The number of hydrogen-bond acceptors (Lipinski definition) is 4. The average molecular weight is 225 g/mol. The molecule has 1 aliphatic heterocycles. The highest BCUT2D eigenvalue weighted by Crippen LogP contribution is 2.31. The quantitative estimate of drug-likeness (QED) is 0.840. The van der Waals surface area contributed by atoms with Crippen molar-refractivity contribution in [2.45, 2.75) is 39.3 Å². The summed E-state index contributed by atoms with van der Waals surface area (Å²) in [7, 11) is 0. The van der Waals surface area contributed by atoms with Gasteiger partial charge in [0.15, 0.2) is 5.13 Å². The molecule has 3 nitrogen and oxygen atoms in total. The van der Waals surface area contributed by atoms with Crippen molar-refractivity contribution in [1.82, 2.24) is 4.98 Å². The van der Waals surface area contributed by atoms with E-state index in [4.69, 9.17) is 5.73 Å². The normalized spacial score (nSPS) is 28.4. The summed E-state index contributed by atoms with van der Waals surface area (Å²) >= 11 is 1.72. The van der Waals surface area contributed by atoms with Crippen molar-refractivity contribution in [2.24, 2.45) is 11.7 Å². The molecule has 3 atom stereocenters. The van der Waals surface area contributed by atoms with E-state index < -0.39 is 0 Å². The molecule has 1 aromatic heterocycles. The Morgan fingerprint density at radius 3 is 2.80 bits per heavy atom. The molecule has 0 spiro atoms. The van der Waals surface area contributed by atoms with Crippen LogP contribution >= 0.6 is 11.3 Å². The van der Waals surface area contributed by atoms with E-state index in [0.29, 0.717) is 6.04 Å². The molecule has 0 aliphatic carbocycles. The van der Waals surface area contributed by atoms with Gasteiger partial charge in [-0.05, 0) is 26.2 Å². The second-order valence-electron chi connectivity index (χ2n) is 4.69. The van der Waals surface area contributed by atoms with Gasteiger partial charge in [0.2, 0.25) is 0 Å². The highest BCUT2D eigenvalue weighted by atomic mass is 32.1. The molecule has 15 heavy (non-hydrogen) atoms. The fraction of sp³-hybridized carbons (Fsp3) is 0.727. The van der Waals surface area contributed by atoms with Crippen molar-refractivity contribution in [2.75, 3.05) is 11.4 Å². The van der Waals surface area contributed by atoms with Crippen LogP contribution in [0.5, 0.6) is 0 Å². The van der Waals surface area contributed by atoms with Gasteiger partial charge in [-0.15, -0.1) is 11.3 Å². The van der Waals surface area contributed by atoms with Crippen molar-refractivity contribution in [3.8, 4) is 0 Å². The smallest absolute Gasteiger partial charge is 0.185 e. The predicted octanol–water partition coefficient (Wildman–Crippen LogP) is 2.40. The summed E-state index contributed by atoms with van der Waals surface area (Å²) in [6.45, 7) is 7.69. The Kier molecular flexibility index (Phi) is 2.98. The van der Waals surface area contributed by atoms with Crippen LogP contribution in [0.25, 0.3) is 0 Å². The molecule has 0 saturated carbocycles. The topological polar surface area (TPSA) is 42.2 Å². The van der Waals surface area contributed by atoms with Gasteiger partial charge in [0.1, 0.15) is 0 Å². The first-order chi connectivity index (χ1) is 7.08. The first-order valence-electron chi connectivity index (χ1n) is 5.55. The second kappa shape index (κ2) is 4.10. The molecular formula is C11H19N3S. The molecule has 2 N–H and O–H groups in total. The third-order valence-electron chi connectivity index (χ3n) is 3.01. The summed E-state index contributed by atoms with van der Waals surface area (Å²) in [5, 5.41) is 3.22. The SMILES string of the molecule is CC1CC(C)N(c2nc(C(C)N)cs2)C1. The molecule has 0 amide bonds. The highest BCUT2D eigenvalue weighted by molar-refractivity contribution is 7.13. The minimum atomic E-state index is 0.0466. The minimum absolute atomic E-state index is 0.0466. The van der Waals surface area contributed by atoms with Gasteiger partial charge in [0, 0.05) is 24.0 Å². The third kappa shape index (κ3) is 2.16. The van der Waals surface area contributed by atoms with Crippen molar-refractivity contribution in [3.63, 3.8) is 0 Å². The van der Waals surface area contributed by atoms with Crippen molar-refractivity contribution < 1.29 is 0 Å². The third-order valence-corrected chi connectivity index (χ3v) is 3.90. The van der Waals surface area contributed by atoms with E-state index in [1.165, 1.54) is 6.42 Å². The standard InChI is InChI=1S/C11H19N3S/c1-7-4-8(2)14(5-7)11-13-10(6-15-11)9(3)12/h6-9H,4-5,12H2,1-3H3. The van der Waals surface area contributed by atoms with Crippen LogP contribution in [0.15, 0.2) is 5.38 Å². The maximum absolute atomic E-state index is 5.81. The van der Waals surface area contributed by atoms with Crippen LogP contribution in [-0.4, -0.2) is 17.6 Å². The number of nitrogens with zero attached hydrogens (tertiary/aromatic N) is 2. The zero-order valence-corrected chi connectivity index (χ0v) is 10.4. The Labute approximate surface area is 95.3 Å². The fourth-order valence-electron chi connectivity index (χ4n) is 2.18. The number of aromatic nitrogens is 1. The van der Waals surface area contributed by atoms with Gasteiger partial charge in [-0.25, -0.2) is 4.98 Å². The Balaban J connectivity index is 2.15. The van der Waals surface area contributed by atoms with E-state index in [2.05, 4.69) is 29.1 Å². The van der Waals surface area contributed by atoms with E-state index in [9.17, 15) is 0 Å². The van der Waals surface area contributed by atoms with Gasteiger partial charge < -0.3 is 10.6 Å². The molecule has 4 heteroatoms. The maximum atomic E-state index is 5.81. The number of nitrogens with two attached hydrogens (primary N) is 1. The van der Waals surface area contributed by atoms with Gasteiger partial charge in [-0.1, -0.05) is 6.92 Å². The molecule has 1 saturated heterocycles. The van der Waals surface area contributed by atoms with Crippen LogP contribution in [0.3, 0.4) is 0 Å². The lowest BCUT2D eigenvalue weighted by atomic mass is 10.1. The molecule has 1 fully saturated rings. The number of rotatable bonds is 2. The number of thiazole rings is 1. The largest absolute Gasteiger partial charge is 0.345 e. The van der Waals surface area contributed by atoms with Gasteiger partial charge in [-0.2, -0.15) is 0 Å². The van der Waals surface area contributed by atoms with Gasteiger partial charge >= 0.3 is 0 Å². The zero-order valence-electron chi connectivity index (χ0n) is 9.60. The van der Waals surface area contributed by atoms with E-state index in [1.54, 1.807) is 11.3 Å². The fourth-order valence-corrected chi connectivity index (χ4v) is 3.23. The molecule has 0 radical (unpaired) electrons. The van der Waals surface area contributed by atoms with Crippen molar-refractivity contribution in [3.05, 3.63) is 11.1 Å². The number of hydrogen-bond donors (Lipinski definition) is 1. The van der Waals surface area contributed by atoms with E-state index >= 15 is 0 Å².